The van der Waals surface area contributed by atoms with Gasteiger partial charge in [0.25, 0.3) is 0 Å². The van der Waals surface area contributed by atoms with Gasteiger partial charge in [-0.2, -0.15) is 18.3 Å². The predicted octanol–water partition coefficient (Wildman–Crippen LogP) is 1.92. The van der Waals surface area contributed by atoms with Gasteiger partial charge in [-0.3, -0.25) is 14.5 Å². The minimum Gasteiger partial charge on any atom is -0.367 e. The van der Waals surface area contributed by atoms with Gasteiger partial charge in [0, 0.05) is 39.9 Å². The number of rotatable bonds is 6. The number of halogens is 3. The van der Waals surface area contributed by atoms with E-state index in [-0.39, 0.29) is 19.1 Å². The number of guanidine groups is 1. The van der Waals surface area contributed by atoms with Crippen LogP contribution in [-0.2, 0) is 29.7 Å². The molecule has 168 valence electrons. The van der Waals surface area contributed by atoms with Gasteiger partial charge in [-0.05, 0) is 11.1 Å². The van der Waals surface area contributed by atoms with E-state index in [1.165, 1.54) is 0 Å². The molecule has 0 unspecified atom stereocenters. The number of hydrogen-bond donors (Lipinski definition) is 1. The summed E-state index contributed by atoms with van der Waals surface area (Å²) in [5, 5.41) is 7.32. The molecule has 8 nitrogen and oxygen atoms in total. The number of hydrogen-bond acceptors (Lipinski definition) is 4. The van der Waals surface area contributed by atoms with Crippen LogP contribution in [0.3, 0.4) is 0 Å². The lowest BCUT2D eigenvalue weighted by Gasteiger charge is -2.35. The number of amides is 1. The first-order valence-corrected chi connectivity index (χ1v) is 9.72. The number of nitrogens with zero attached hydrogens (tertiary/aromatic N) is 5. The molecular weight excluding hydrogens is 413 g/mol. The monoisotopic (exact) mass is 438 g/mol. The van der Waals surface area contributed by atoms with Crippen LogP contribution in [0.15, 0.2) is 41.7 Å². The number of aromatic nitrogens is 2. The summed E-state index contributed by atoms with van der Waals surface area (Å²) < 4.78 is 43.1. The van der Waals surface area contributed by atoms with Crippen molar-refractivity contribution in [3.8, 4) is 0 Å². The van der Waals surface area contributed by atoms with Crippen LogP contribution in [0.4, 0.5) is 18.9 Å². The Kier molecular flexibility index (Phi) is 7.16. The van der Waals surface area contributed by atoms with Crippen molar-refractivity contribution in [2.24, 2.45) is 12.0 Å². The molecule has 11 heteroatoms. The predicted molar refractivity (Wildman–Crippen MR) is 109 cm³/mol. The summed E-state index contributed by atoms with van der Waals surface area (Å²) in [4.78, 5) is 20.4. The second-order valence-electron chi connectivity index (χ2n) is 7.17. The number of carbonyl (C=O) groups excluding carboxylic acids is 1. The van der Waals surface area contributed by atoms with E-state index in [1.54, 1.807) is 54.3 Å². The molecule has 31 heavy (non-hydrogen) atoms. The number of ether oxygens (including phenoxy) is 1. The summed E-state index contributed by atoms with van der Waals surface area (Å²) in [7, 11) is 3.44. The standard InChI is InChI=1S/C20H25F3N6O2/c1-24-19(28-6-7-29(18(30)12-28)17-10-26-27(2)11-17)25-9-15-4-3-5-16(8-15)13-31-14-20(21,22)23/h3-5,8,10-11H,6-7,9,12-14H2,1-2H3,(H,24,25). The molecule has 1 saturated heterocycles. The third-order valence-electron chi connectivity index (χ3n) is 4.71. The lowest BCUT2D eigenvalue weighted by molar-refractivity contribution is -0.176. The molecule has 1 amide bonds. The Balaban J connectivity index is 1.53. The average molecular weight is 438 g/mol. The van der Waals surface area contributed by atoms with Crippen molar-refractivity contribution in [2.75, 3.05) is 38.2 Å². The van der Waals surface area contributed by atoms with E-state index in [2.05, 4.69) is 15.4 Å². The fraction of sp³-hybridized carbons (Fsp3) is 0.450. The molecule has 0 bridgehead atoms. The SMILES string of the molecule is CN=C(NCc1cccc(COCC(F)(F)F)c1)N1CCN(c2cnn(C)c2)C(=O)C1. The molecule has 2 heterocycles. The molecule has 1 fully saturated rings. The van der Waals surface area contributed by atoms with E-state index in [1.807, 2.05) is 11.0 Å². The highest BCUT2D eigenvalue weighted by Crippen LogP contribution is 2.17. The summed E-state index contributed by atoms with van der Waals surface area (Å²) in [6.45, 7) is 0.313. The highest BCUT2D eigenvalue weighted by molar-refractivity contribution is 5.98. The first-order valence-electron chi connectivity index (χ1n) is 9.72. The Morgan fingerprint density at radius 1 is 1.29 bits per heavy atom. The van der Waals surface area contributed by atoms with Crippen molar-refractivity contribution in [1.82, 2.24) is 20.0 Å². The van der Waals surface area contributed by atoms with Gasteiger partial charge < -0.3 is 19.9 Å². The van der Waals surface area contributed by atoms with Crippen molar-refractivity contribution in [2.45, 2.75) is 19.3 Å². The first-order chi connectivity index (χ1) is 14.7. The van der Waals surface area contributed by atoms with Crippen LogP contribution in [0.25, 0.3) is 0 Å². The zero-order valence-electron chi connectivity index (χ0n) is 17.4. The minimum absolute atomic E-state index is 0.0500. The van der Waals surface area contributed by atoms with Gasteiger partial charge in [0.2, 0.25) is 5.91 Å². The van der Waals surface area contributed by atoms with Gasteiger partial charge in [0.1, 0.15) is 13.2 Å². The van der Waals surface area contributed by atoms with E-state index < -0.39 is 12.8 Å². The molecule has 0 aliphatic carbocycles. The van der Waals surface area contributed by atoms with Crippen molar-refractivity contribution in [1.29, 1.82) is 0 Å². The Morgan fingerprint density at radius 3 is 2.71 bits per heavy atom. The Bertz CT molecular complexity index is 928. The maximum absolute atomic E-state index is 12.6. The highest BCUT2D eigenvalue weighted by Gasteiger charge is 2.28. The Morgan fingerprint density at radius 2 is 2.06 bits per heavy atom. The number of aryl methyl sites for hydroxylation is 1. The third kappa shape index (κ3) is 6.45. The first kappa shape index (κ1) is 22.6. The molecule has 3 rings (SSSR count). The molecule has 0 spiro atoms. The second-order valence-corrected chi connectivity index (χ2v) is 7.17. The summed E-state index contributed by atoms with van der Waals surface area (Å²) >= 11 is 0. The largest absolute Gasteiger partial charge is 0.411 e. The van der Waals surface area contributed by atoms with Gasteiger partial charge in [0.15, 0.2) is 5.96 Å². The number of nitrogens with one attached hydrogen (secondary N) is 1. The zero-order chi connectivity index (χ0) is 22.4. The average Bonchev–Trinajstić information content (AvgIpc) is 3.14. The van der Waals surface area contributed by atoms with Gasteiger partial charge in [-0.1, -0.05) is 24.3 Å². The number of alkyl halides is 3. The van der Waals surface area contributed by atoms with Crippen LogP contribution in [0.2, 0.25) is 0 Å². The lowest BCUT2D eigenvalue weighted by Crippen LogP contribution is -2.55. The molecule has 1 aromatic carbocycles. The number of aliphatic imine (C=N–C) groups is 1. The number of carbonyl (C=O) groups is 1. The van der Waals surface area contributed by atoms with Crippen LogP contribution in [0.1, 0.15) is 11.1 Å². The second kappa shape index (κ2) is 9.82. The minimum atomic E-state index is -4.34. The Hall–Kier alpha value is -3.08. The van der Waals surface area contributed by atoms with Gasteiger partial charge in [-0.25, -0.2) is 0 Å². The summed E-state index contributed by atoms with van der Waals surface area (Å²) in [6.07, 6.45) is -0.887. The molecule has 0 radical (unpaired) electrons. The summed E-state index contributed by atoms with van der Waals surface area (Å²) in [6, 6.07) is 7.12. The van der Waals surface area contributed by atoms with Crippen LogP contribution in [-0.4, -0.2) is 66.0 Å². The van der Waals surface area contributed by atoms with Gasteiger partial charge >= 0.3 is 6.18 Å². The van der Waals surface area contributed by atoms with E-state index in [9.17, 15) is 18.0 Å². The molecule has 1 aliphatic heterocycles. The summed E-state index contributed by atoms with van der Waals surface area (Å²) in [5.41, 5.74) is 2.29. The molecule has 0 saturated carbocycles. The molecule has 0 atom stereocenters. The fourth-order valence-corrected chi connectivity index (χ4v) is 3.30. The van der Waals surface area contributed by atoms with Gasteiger partial charge in [0.05, 0.1) is 18.5 Å². The Labute approximate surface area is 178 Å². The normalized spacial score (nSPS) is 15.5. The topological polar surface area (TPSA) is 75.0 Å². The van der Waals surface area contributed by atoms with Crippen molar-refractivity contribution in [3.63, 3.8) is 0 Å². The molecule has 2 aromatic rings. The van der Waals surface area contributed by atoms with Gasteiger partial charge in [-0.15, -0.1) is 0 Å². The lowest BCUT2D eigenvalue weighted by atomic mass is 10.1. The smallest absolute Gasteiger partial charge is 0.367 e. The van der Waals surface area contributed by atoms with Crippen molar-refractivity contribution >= 4 is 17.6 Å². The third-order valence-corrected chi connectivity index (χ3v) is 4.71. The van der Waals surface area contributed by atoms with E-state index >= 15 is 0 Å². The van der Waals surface area contributed by atoms with Crippen molar-refractivity contribution in [3.05, 3.63) is 47.8 Å². The van der Waals surface area contributed by atoms with Crippen molar-refractivity contribution < 1.29 is 22.7 Å². The van der Waals surface area contributed by atoms with Crippen LogP contribution < -0.4 is 10.2 Å². The molecule has 1 aliphatic rings. The van der Waals surface area contributed by atoms with Crippen LogP contribution in [0, 0.1) is 0 Å². The fourth-order valence-electron chi connectivity index (χ4n) is 3.30. The van der Waals surface area contributed by atoms with Crippen LogP contribution in [0.5, 0.6) is 0 Å². The quantitative estimate of drug-likeness (QED) is 0.551. The summed E-state index contributed by atoms with van der Waals surface area (Å²) in [5.74, 6) is 0.531. The number of piperazine rings is 1. The van der Waals surface area contributed by atoms with E-state index in [4.69, 9.17) is 4.74 Å². The zero-order valence-corrected chi connectivity index (χ0v) is 17.4. The number of benzene rings is 1. The molecule has 1 N–H and O–H groups in total. The molecular formula is C20H25F3N6O2. The maximum atomic E-state index is 12.6. The van der Waals surface area contributed by atoms with E-state index in [0.717, 1.165) is 11.3 Å². The maximum Gasteiger partial charge on any atom is 0.411 e. The molecule has 1 aromatic heterocycles. The van der Waals surface area contributed by atoms with Crippen LogP contribution >= 0.6 is 0 Å². The number of anilines is 1. The highest BCUT2D eigenvalue weighted by atomic mass is 19.4. The van der Waals surface area contributed by atoms with E-state index in [0.29, 0.717) is 31.2 Å².